The van der Waals surface area contributed by atoms with Crippen LogP contribution in [0.15, 0.2) is 34.1 Å². The Labute approximate surface area is 121 Å². The molecule has 0 aliphatic carbocycles. The second-order valence-corrected chi connectivity index (χ2v) is 6.25. The first kappa shape index (κ1) is 13.6. The fourth-order valence-electron chi connectivity index (χ4n) is 1.62. The molecule has 1 aromatic rings. The molecule has 0 unspecified atom stereocenters. The summed E-state index contributed by atoms with van der Waals surface area (Å²) in [5.41, 5.74) is 1.03. The average Bonchev–Trinajstić information content (AvgIpc) is 2.65. The SMILES string of the molecule is CCN1C(=O)/C(=C/c2ccc(SC)cc2)SC1=S. The van der Waals surface area contributed by atoms with Crippen LogP contribution in [-0.2, 0) is 4.79 Å². The van der Waals surface area contributed by atoms with E-state index in [1.807, 2.05) is 31.4 Å². The summed E-state index contributed by atoms with van der Waals surface area (Å²) in [4.78, 5) is 15.6. The first-order chi connectivity index (χ1) is 8.65. The predicted molar refractivity (Wildman–Crippen MR) is 83.8 cm³/mol. The summed E-state index contributed by atoms with van der Waals surface area (Å²) in [6.45, 7) is 2.56. The quantitative estimate of drug-likeness (QED) is 0.482. The highest BCUT2D eigenvalue weighted by atomic mass is 32.2. The molecule has 1 heterocycles. The summed E-state index contributed by atoms with van der Waals surface area (Å²) >= 11 is 8.25. The van der Waals surface area contributed by atoms with Crippen molar-refractivity contribution in [2.45, 2.75) is 11.8 Å². The van der Waals surface area contributed by atoms with Gasteiger partial charge in [-0.05, 0) is 37.0 Å². The molecule has 94 valence electrons. The molecule has 0 bridgehead atoms. The Hall–Kier alpha value is -0.780. The molecule has 2 nitrogen and oxygen atoms in total. The number of rotatable bonds is 3. The highest BCUT2D eigenvalue weighted by Gasteiger charge is 2.30. The number of benzene rings is 1. The molecule has 0 saturated carbocycles. The third-order valence-electron chi connectivity index (χ3n) is 2.60. The van der Waals surface area contributed by atoms with Crippen molar-refractivity contribution in [3.05, 3.63) is 34.7 Å². The van der Waals surface area contributed by atoms with E-state index in [9.17, 15) is 4.79 Å². The number of hydrogen-bond acceptors (Lipinski definition) is 4. The minimum atomic E-state index is 0.0152. The number of carbonyl (C=O) groups excluding carboxylic acids is 1. The van der Waals surface area contributed by atoms with Gasteiger partial charge in [0.15, 0.2) is 0 Å². The normalized spacial score (nSPS) is 17.9. The maximum atomic E-state index is 12.0. The molecule has 2 rings (SSSR count). The van der Waals surface area contributed by atoms with Crippen molar-refractivity contribution in [2.75, 3.05) is 12.8 Å². The summed E-state index contributed by atoms with van der Waals surface area (Å²) in [5, 5.41) is 0. The van der Waals surface area contributed by atoms with Gasteiger partial charge in [-0.1, -0.05) is 36.1 Å². The Balaban J connectivity index is 2.23. The van der Waals surface area contributed by atoms with Crippen LogP contribution in [0.5, 0.6) is 0 Å². The molecule has 1 aromatic carbocycles. The van der Waals surface area contributed by atoms with Crippen LogP contribution in [0.1, 0.15) is 12.5 Å². The lowest BCUT2D eigenvalue weighted by atomic mass is 10.2. The van der Waals surface area contributed by atoms with Gasteiger partial charge in [0.25, 0.3) is 5.91 Å². The summed E-state index contributed by atoms with van der Waals surface area (Å²) in [5.74, 6) is 0.0152. The number of amides is 1. The molecule has 18 heavy (non-hydrogen) atoms. The van der Waals surface area contributed by atoms with Gasteiger partial charge in [0.05, 0.1) is 4.91 Å². The standard InChI is InChI=1S/C13H13NOS3/c1-3-14-12(15)11(18-13(14)16)8-9-4-6-10(17-2)7-5-9/h4-8H,3H2,1-2H3/b11-8-. The molecule has 1 saturated heterocycles. The van der Waals surface area contributed by atoms with Gasteiger partial charge in [-0.15, -0.1) is 11.8 Å². The fourth-order valence-corrected chi connectivity index (χ4v) is 3.42. The van der Waals surface area contributed by atoms with Crippen molar-refractivity contribution in [1.82, 2.24) is 4.90 Å². The maximum Gasteiger partial charge on any atom is 0.266 e. The molecular formula is C13H13NOS3. The molecule has 1 aliphatic rings. The second kappa shape index (κ2) is 5.91. The Morgan fingerprint density at radius 2 is 2.06 bits per heavy atom. The van der Waals surface area contributed by atoms with Crippen LogP contribution >= 0.6 is 35.7 Å². The Morgan fingerprint density at radius 1 is 1.39 bits per heavy atom. The zero-order valence-corrected chi connectivity index (χ0v) is 12.6. The number of hydrogen-bond donors (Lipinski definition) is 0. The van der Waals surface area contributed by atoms with Crippen LogP contribution in [0, 0.1) is 0 Å². The second-order valence-electron chi connectivity index (χ2n) is 3.70. The van der Waals surface area contributed by atoms with Crippen molar-refractivity contribution < 1.29 is 4.79 Å². The van der Waals surface area contributed by atoms with E-state index in [0.717, 1.165) is 5.56 Å². The predicted octanol–water partition coefficient (Wildman–Crippen LogP) is 3.63. The van der Waals surface area contributed by atoms with E-state index in [1.54, 1.807) is 16.7 Å². The topological polar surface area (TPSA) is 20.3 Å². The van der Waals surface area contributed by atoms with Gasteiger partial charge in [0.2, 0.25) is 0 Å². The van der Waals surface area contributed by atoms with E-state index in [1.165, 1.54) is 16.7 Å². The van der Waals surface area contributed by atoms with E-state index in [-0.39, 0.29) is 5.91 Å². The summed E-state index contributed by atoms with van der Waals surface area (Å²) < 4.78 is 0.648. The monoisotopic (exact) mass is 295 g/mol. The smallest absolute Gasteiger partial charge is 0.266 e. The third-order valence-corrected chi connectivity index (χ3v) is 4.72. The third kappa shape index (κ3) is 2.79. The van der Waals surface area contributed by atoms with Crippen molar-refractivity contribution >= 4 is 52.0 Å². The molecule has 1 fully saturated rings. The van der Waals surface area contributed by atoms with Crippen LogP contribution in [0.2, 0.25) is 0 Å². The maximum absolute atomic E-state index is 12.0. The molecule has 0 aromatic heterocycles. The van der Waals surface area contributed by atoms with Crippen LogP contribution in [0.3, 0.4) is 0 Å². The van der Waals surface area contributed by atoms with Crippen LogP contribution in [0.25, 0.3) is 6.08 Å². The lowest BCUT2D eigenvalue weighted by Crippen LogP contribution is -2.27. The highest BCUT2D eigenvalue weighted by Crippen LogP contribution is 2.32. The zero-order chi connectivity index (χ0) is 13.1. The van der Waals surface area contributed by atoms with Gasteiger partial charge in [-0.3, -0.25) is 9.69 Å². The molecule has 1 aliphatic heterocycles. The first-order valence-corrected chi connectivity index (χ1v) is 8.00. The number of carbonyl (C=O) groups is 1. The Bertz CT molecular complexity index is 507. The van der Waals surface area contributed by atoms with E-state index < -0.39 is 0 Å². The van der Waals surface area contributed by atoms with E-state index in [0.29, 0.717) is 15.8 Å². The minimum absolute atomic E-state index is 0.0152. The lowest BCUT2D eigenvalue weighted by molar-refractivity contribution is -0.121. The van der Waals surface area contributed by atoms with Crippen molar-refractivity contribution in [3.63, 3.8) is 0 Å². The van der Waals surface area contributed by atoms with Crippen molar-refractivity contribution in [3.8, 4) is 0 Å². The van der Waals surface area contributed by atoms with E-state index in [4.69, 9.17) is 12.2 Å². The van der Waals surface area contributed by atoms with E-state index >= 15 is 0 Å². The van der Waals surface area contributed by atoms with Gasteiger partial charge in [-0.25, -0.2) is 0 Å². The number of thiocarbonyl (C=S) groups is 1. The summed E-state index contributed by atoms with van der Waals surface area (Å²) in [6.07, 6.45) is 3.94. The minimum Gasteiger partial charge on any atom is -0.293 e. The van der Waals surface area contributed by atoms with Crippen LogP contribution in [0.4, 0.5) is 0 Å². The van der Waals surface area contributed by atoms with Gasteiger partial charge < -0.3 is 0 Å². The lowest BCUT2D eigenvalue weighted by Gasteiger charge is -2.09. The average molecular weight is 295 g/mol. The van der Waals surface area contributed by atoms with Crippen LogP contribution in [-0.4, -0.2) is 27.9 Å². The summed E-state index contributed by atoms with van der Waals surface area (Å²) in [7, 11) is 0. The summed E-state index contributed by atoms with van der Waals surface area (Å²) in [6, 6.07) is 8.14. The number of nitrogens with zero attached hydrogens (tertiary/aromatic N) is 1. The Morgan fingerprint density at radius 3 is 2.56 bits per heavy atom. The largest absolute Gasteiger partial charge is 0.293 e. The van der Waals surface area contributed by atoms with Gasteiger partial charge >= 0.3 is 0 Å². The molecule has 0 radical (unpaired) electrons. The molecular weight excluding hydrogens is 282 g/mol. The van der Waals surface area contributed by atoms with Gasteiger partial charge in [-0.2, -0.15) is 0 Å². The number of thioether (sulfide) groups is 2. The van der Waals surface area contributed by atoms with Gasteiger partial charge in [0.1, 0.15) is 4.32 Å². The number of likely N-dealkylation sites (N-methyl/N-ethyl adjacent to an activating group) is 1. The Kier molecular flexibility index (Phi) is 4.48. The van der Waals surface area contributed by atoms with Crippen LogP contribution < -0.4 is 0 Å². The van der Waals surface area contributed by atoms with Gasteiger partial charge in [0, 0.05) is 11.4 Å². The highest BCUT2D eigenvalue weighted by molar-refractivity contribution is 8.26. The molecule has 0 N–H and O–H groups in total. The van der Waals surface area contributed by atoms with E-state index in [2.05, 4.69) is 12.1 Å². The molecule has 1 amide bonds. The molecule has 0 atom stereocenters. The zero-order valence-electron chi connectivity index (χ0n) is 10.2. The fraction of sp³-hybridized carbons (Fsp3) is 0.231. The van der Waals surface area contributed by atoms with Crippen molar-refractivity contribution in [1.29, 1.82) is 0 Å². The van der Waals surface area contributed by atoms with Crippen molar-refractivity contribution in [2.24, 2.45) is 0 Å². The first-order valence-electron chi connectivity index (χ1n) is 5.55. The molecule has 0 spiro atoms. The molecule has 5 heteroatoms.